The molecule has 0 spiro atoms. The maximum absolute atomic E-state index is 12.1. The van der Waals surface area contributed by atoms with Crippen LogP contribution < -0.4 is 10.6 Å². The summed E-state index contributed by atoms with van der Waals surface area (Å²) in [5.74, 6) is 0.901. The molecule has 2 unspecified atom stereocenters. The van der Waals surface area contributed by atoms with Crippen LogP contribution in [-0.2, 0) is 9.53 Å². The third-order valence-electron chi connectivity index (χ3n) is 4.51. The minimum atomic E-state index is 0.0902. The first-order valence-corrected chi connectivity index (χ1v) is 7.93. The van der Waals surface area contributed by atoms with Crippen molar-refractivity contribution in [3.8, 4) is 0 Å². The summed E-state index contributed by atoms with van der Waals surface area (Å²) in [6, 6.07) is 0.702. The Balaban J connectivity index is 1.79. The number of likely N-dealkylation sites (tertiary alicyclic amines) is 1. The van der Waals surface area contributed by atoms with Gasteiger partial charge in [-0.2, -0.15) is 0 Å². The van der Waals surface area contributed by atoms with E-state index >= 15 is 0 Å². The van der Waals surface area contributed by atoms with Gasteiger partial charge in [-0.3, -0.25) is 9.69 Å². The molecule has 2 saturated heterocycles. The smallest absolute Gasteiger partial charge is 0.234 e. The van der Waals surface area contributed by atoms with Gasteiger partial charge in [-0.15, -0.1) is 0 Å². The van der Waals surface area contributed by atoms with E-state index in [-0.39, 0.29) is 11.9 Å². The molecule has 5 nitrogen and oxygen atoms in total. The van der Waals surface area contributed by atoms with Gasteiger partial charge in [0.1, 0.15) is 0 Å². The molecule has 2 heterocycles. The van der Waals surface area contributed by atoms with Crippen LogP contribution in [0.3, 0.4) is 0 Å². The van der Waals surface area contributed by atoms with E-state index in [0.29, 0.717) is 19.2 Å². The van der Waals surface area contributed by atoms with Crippen LogP contribution in [0.25, 0.3) is 0 Å². The monoisotopic (exact) mass is 283 g/mol. The molecule has 0 radical (unpaired) electrons. The molecule has 0 saturated carbocycles. The Morgan fingerprint density at radius 3 is 2.85 bits per heavy atom. The van der Waals surface area contributed by atoms with E-state index in [4.69, 9.17) is 4.74 Å². The second kappa shape index (κ2) is 7.96. The van der Waals surface area contributed by atoms with Crippen LogP contribution in [0.15, 0.2) is 0 Å². The van der Waals surface area contributed by atoms with Crippen LogP contribution in [0.1, 0.15) is 32.6 Å². The van der Waals surface area contributed by atoms with Crippen molar-refractivity contribution in [2.45, 2.75) is 44.7 Å². The number of methoxy groups -OCH3 is 1. The highest BCUT2D eigenvalue weighted by Crippen LogP contribution is 2.29. The molecule has 0 aromatic heterocycles. The van der Waals surface area contributed by atoms with Gasteiger partial charge in [0.15, 0.2) is 0 Å². The van der Waals surface area contributed by atoms with E-state index in [1.54, 1.807) is 7.11 Å². The maximum Gasteiger partial charge on any atom is 0.234 e. The molecule has 2 rings (SSSR count). The van der Waals surface area contributed by atoms with Crippen molar-refractivity contribution >= 4 is 5.91 Å². The van der Waals surface area contributed by atoms with Crippen LogP contribution in [0.5, 0.6) is 0 Å². The Bertz CT molecular complexity index is 305. The van der Waals surface area contributed by atoms with Gasteiger partial charge in [-0.05, 0) is 58.2 Å². The quantitative estimate of drug-likeness (QED) is 0.749. The average Bonchev–Trinajstić information content (AvgIpc) is 2.87. The van der Waals surface area contributed by atoms with Crippen LogP contribution in [0, 0.1) is 5.92 Å². The maximum atomic E-state index is 12.1. The normalized spacial score (nSPS) is 26.6. The molecule has 116 valence electrons. The molecule has 2 atom stereocenters. The zero-order chi connectivity index (χ0) is 14.4. The number of nitrogens with zero attached hydrogens (tertiary/aromatic N) is 1. The van der Waals surface area contributed by atoms with E-state index in [2.05, 4.69) is 15.5 Å². The number of hydrogen-bond donors (Lipinski definition) is 2. The SMILES string of the molecule is COCC(C)NC(=O)CN1CCCC1C1CCNCC1. The van der Waals surface area contributed by atoms with Crippen LogP contribution >= 0.6 is 0 Å². The van der Waals surface area contributed by atoms with Gasteiger partial charge in [0.05, 0.1) is 13.2 Å². The standard InChI is InChI=1S/C15H29N3O2/c1-12(11-20-2)17-15(19)10-18-9-3-4-14(18)13-5-7-16-8-6-13/h12-14,16H,3-11H2,1-2H3,(H,17,19). The minimum Gasteiger partial charge on any atom is -0.383 e. The third-order valence-corrected chi connectivity index (χ3v) is 4.51. The van der Waals surface area contributed by atoms with Gasteiger partial charge in [0, 0.05) is 19.2 Å². The fraction of sp³-hybridized carbons (Fsp3) is 0.933. The largest absolute Gasteiger partial charge is 0.383 e. The molecule has 0 aliphatic carbocycles. The Kier molecular flexibility index (Phi) is 6.26. The highest BCUT2D eigenvalue weighted by Gasteiger charge is 2.33. The molecule has 20 heavy (non-hydrogen) atoms. The zero-order valence-corrected chi connectivity index (χ0v) is 12.9. The average molecular weight is 283 g/mol. The van der Waals surface area contributed by atoms with E-state index in [1.807, 2.05) is 6.92 Å². The lowest BCUT2D eigenvalue weighted by Gasteiger charge is -2.34. The summed E-state index contributed by atoms with van der Waals surface area (Å²) in [5.41, 5.74) is 0. The predicted octanol–water partition coefficient (Wildman–Crippen LogP) is 0.602. The Morgan fingerprint density at radius 2 is 2.15 bits per heavy atom. The van der Waals surface area contributed by atoms with Gasteiger partial charge in [-0.1, -0.05) is 0 Å². The van der Waals surface area contributed by atoms with E-state index in [0.717, 1.165) is 25.6 Å². The lowest BCUT2D eigenvalue weighted by Crippen LogP contribution is -2.47. The Morgan fingerprint density at radius 1 is 1.40 bits per heavy atom. The second-order valence-electron chi connectivity index (χ2n) is 6.19. The number of hydrogen-bond acceptors (Lipinski definition) is 4. The highest BCUT2D eigenvalue weighted by molar-refractivity contribution is 5.78. The van der Waals surface area contributed by atoms with Gasteiger partial charge in [0.2, 0.25) is 5.91 Å². The number of amides is 1. The van der Waals surface area contributed by atoms with Crippen LogP contribution in [-0.4, -0.2) is 62.8 Å². The molecular weight excluding hydrogens is 254 g/mol. The van der Waals surface area contributed by atoms with Crippen molar-refractivity contribution in [1.82, 2.24) is 15.5 Å². The molecule has 0 aromatic carbocycles. The summed E-state index contributed by atoms with van der Waals surface area (Å²) in [7, 11) is 1.66. The molecule has 1 amide bonds. The zero-order valence-electron chi connectivity index (χ0n) is 12.9. The first kappa shape index (κ1) is 15.7. The Hall–Kier alpha value is -0.650. The summed E-state index contributed by atoms with van der Waals surface area (Å²) in [6.07, 6.45) is 4.99. The molecule has 2 fully saturated rings. The summed E-state index contributed by atoms with van der Waals surface area (Å²) in [4.78, 5) is 14.5. The first-order chi connectivity index (χ1) is 9.70. The third kappa shape index (κ3) is 4.43. The Labute approximate surface area is 122 Å². The van der Waals surface area contributed by atoms with Gasteiger partial charge >= 0.3 is 0 Å². The molecule has 2 aliphatic heterocycles. The van der Waals surface area contributed by atoms with E-state index in [1.165, 1.54) is 25.7 Å². The fourth-order valence-electron chi connectivity index (χ4n) is 3.61. The van der Waals surface area contributed by atoms with Crippen LogP contribution in [0.4, 0.5) is 0 Å². The number of ether oxygens (including phenoxy) is 1. The minimum absolute atomic E-state index is 0.0902. The highest BCUT2D eigenvalue weighted by atomic mass is 16.5. The number of nitrogens with one attached hydrogen (secondary N) is 2. The van der Waals surface area contributed by atoms with Crippen LogP contribution in [0.2, 0.25) is 0 Å². The summed E-state index contributed by atoms with van der Waals surface area (Å²) >= 11 is 0. The van der Waals surface area contributed by atoms with Crippen molar-refractivity contribution in [3.05, 3.63) is 0 Å². The van der Waals surface area contributed by atoms with Crippen molar-refractivity contribution in [2.75, 3.05) is 39.9 Å². The number of piperidine rings is 1. The van der Waals surface area contributed by atoms with Crippen molar-refractivity contribution in [2.24, 2.45) is 5.92 Å². The van der Waals surface area contributed by atoms with E-state index in [9.17, 15) is 4.79 Å². The summed E-state index contributed by atoms with van der Waals surface area (Å²) < 4.78 is 5.06. The van der Waals surface area contributed by atoms with Crippen molar-refractivity contribution in [3.63, 3.8) is 0 Å². The number of carbonyl (C=O) groups is 1. The molecule has 2 aliphatic rings. The lowest BCUT2D eigenvalue weighted by molar-refractivity contribution is -0.123. The molecule has 5 heteroatoms. The fourth-order valence-corrected chi connectivity index (χ4v) is 3.61. The van der Waals surface area contributed by atoms with E-state index < -0.39 is 0 Å². The molecular formula is C15H29N3O2. The molecule has 0 bridgehead atoms. The van der Waals surface area contributed by atoms with Gasteiger partial charge < -0.3 is 15.4 Å². The summed E-state index contributed by atoms with van der Waals surface area (Å²) in [5, 5.41) is 6.44. The lowest BCUT2D eigenvalue weighted by atomic mass is 9.89. The van der Waals surface area contributed by atoms with Gasteiger partial charge in [0.25, 0.3) is 0 Å². The number of carbonyl (C=O) groups excluding carboxylic acids is 1. The second-order valence-corrected chi connectivity index (χ2v) is 6.19. The summed E-state index contributed by atoms with van der Waals surface area (Å²) in [6.45, 7) is 6.43. The first-order valence-electron chi connectivity index (χ1n) is 7.93. The molecule has 2 N–H and O–H groups in total. The van der Waals surface area contributed by atoms with Gasteiger partial charge in [-0.25, -0.2) is 0 Å². The molecule has 0 aromatic rings. The predicted molar refractivity (Wildman–Crippen MR) is 79.7 cm³/mol. The van der Waals surface area contributed by atoms with Crippen molar-refractivity contribution < 1.29 is 9.53 Å². The van der Waals surface area contributed by atoms with Crippen molar-refractivity contribution in [1.29, 1.82) is 0 Å². The topological polar surface area (TPSA) is 53.6 Å². The number of rotatable bonds is 6.